The highest BCUT2D eigenvalue weighted by molar-refractivity contribution is 7.16. The molecule has 1 N–H and O–H groups in total. The molecule has 1 atom stereocenters. The maximum atomic E-state index is 13.7. The highest BCUT2D eigenvalue weighted by Crippen LogP contribution is 2.45. The molecule has 2 heterocycles. The molecule has 3 rings (SSSR count). The van der Waals surface area contributed by atoms with Crippen molar-refractivity contribution in [3.05, 3.63) is 79.4 Å². The predicted octanol–water partition coefficient (Wildman–Crippen LogP) is 7.94. The fourth-order valence-electron chi connectivity index (χ4n) is 3.66. The van der Waals surface area contributed by atoms with Crippen LogP contribution >= 0.6 is 34.3 Å². The first-order chi connectivity index (χ1) is 14.7. The zero-order valence-corrected chi connectivity index (χ0v) is 19.9. The van der Waals surface area contributed by atoms with Gasteiger partial charge in [0.05, 0.1) is 25.8 Å². The van der Waals surface area contributed by atoms with E-state index in [-0.39, 0.29) is 17.9 Å². The normalized spacial score (nSPS) is 15.6. The molecule has 0 saturated heterocycles. The Kier molecular flexibility index (Phi) is 7.14. The first-order valence-electron chi connectivity index (χ1n) is 9.78. The average Bonchev–Trinajstić information content (AvgIpc) is 3.39. The monoisotopic (exact) mass is 474 g/mol. The highest BCUT2D eigenvalue weighted by Gasteiger charge is 2.30. The van der Waals surface area contributed by atoms with Crippen molar-refractivity contribution in [3.63, 3.8) is 0 Å². The minimum Gasteiger partial charge on any atom is -0.344 e. The second kappa shape index (κ2) is 9.47. The number of nitrogens with zero attached hydrogens (tertiary/aromatic N) is 1. The topological polar surface area (TPSA) is 41.5 Å². The van der Waals surface area contributed by atoms with Gasteiger partial charge in [0.15, 0.2) is 0 Å². The lowest BCUT2D eigenvalue weighted by Gasteiger charge is -2.14. The van der Waals surface area contributed by atoms with Crippen LogP contribution in [0.2, 0.25) is 4.34 Å². The molecule has 7 heteroatoms. The number of carbonyl (C=O) groups is 1. The molecule has 1 aliphatic rings. The average molecular weight is 475 g/mol. The lowest BCUT2D eigenvalue weighted by atomic mass is 9.98. The van der Waals surface area contributed by atoms with E-state index >= 15 is 0 Å². The molecular formula is C24H24ClFN2OS2. The summed E-state index contributed by atoms with van der Waals surface area (Å²) in [4.78, 5) is 19.9. The largest absolute Gasteiger partial charge is 0.344 e. The van der Waals surface area contributed by atoms with E-state index in [0.29, 0.717) is 26.6 Å². The summed E-state index contributed by atoms with van der Waals surface area (Å²) in [5, 5.41) is 3.15. The molecule has 1 amide bonds. The van der Waals surface area contributed by atoms with E-state index in [4.69, 9.17) is 11.6 Å². The van der Waals surface area contributed by atoms with Gasteiger partial charge in [0.2, 0.25) is 0 Å². The minimum absolute atomic E-state index is 0.0301. The van der Waals surface area contributed by atoms with Gasteiger partial charge in [-0.05, 0) is 60.4 Å². The molecular weight excluding hydrogens is 451 g/mol. The van der Waals surface area contributed by atoms with Crippen LogP contribution in [0.1, 0.15) is 62.8 Å². The van der Waals surface area contributed by atoms with Crippen molar-refractivity contribution in [2.24, 2.45) is 4.99 Å². The van der Waals surface area contributed by atoms with Gasteiger partial charge in [-0.1, -0.05) is 45.2 Å². The van der Waals surface area contributed by atoms with E-state index in [1.165, 1.54) is 22.3 Å². The van der Waals surface area contributed by atoms with Crippen molar-refractivity contribution in [2.45, 2.75) is 38.6 Å². The molecule has 0 aliphatic heterocycles. The second-order valence-electron chi connectivity index (χ2n) is 7.57. The number of rotatable bonds is 8. The Labute approximate surface area is 195 Å². The summed E-state index contributed by atoms with van der Waals surface area (Å²) < 4.78 is 14.4. The predicted molar refractivity (Wildman–Crippen MR) is 133 cm³/mol. The van der Waals surface area contributed by atoms with Crippen LogP contribution in [0.3, 0.4) is 0 Å². The third kappa shape index (κ3) is 4.66. The third-order valence-electron chi connectivity index (χ3n) is 5.18. The Balaban J connectivity index is 1.97. The van der Waals surface area contributed by atoms with Crippen molar-refractivity contribution in [2.75, 3.05) is 0 Å². The van der Waals surface area contributed by atoms with E-state index in [0.717, 1.165) is 34.4 Å². The molecule has 0 radical (unpaired) electrons. The maximum absolute atomic E-state index is 13.7. The Morgan fingerprint density at radius 1 is 1.35 bits per heavy atom. The van der Waals surface area contributed by atoms with Crippen molar-refractivity contribution >= 4 is 58.2 Å². The summed E-state index contributed by atoms with van der Waals surface area (Å²) in [7, 11) is 0. The number of halogens is 2. The molecule has 2 aromatic rings. The van der Waals surface area contributed by atoms with Crippen molar-refractivity contribution in [1.82, 2.24) is 5.32 Å². The van der Waals surface area contributed by atoms with Gasteiger partial charge in [0.25, 0.3) is 5.91 Å². The number of aliphatic imine (C=N–C) groups is 1. The van der Waals surface area contributed by atoms with Crippen LogP contribution in [0.25, 0.3) is 5.57 Å². The smallest absolute Gasteiger partial charge is 0.262 e. The van der Waals surface area contributed by atoms with Gasteiger partial charge in [0.1, 0.15) is 5.83 Å². The van der Waals surface area contributed by atoms with Crippen molar-refractivity contribution < 1.29 is 9.18 Å². The van der Waals surface area contributed by atoms with E-state index in [9.17, 15) is 9.18 Å². The molecule has 0 aromatic carbocycles. The number of fused-ring (bicyclic) bond motifs is 1. The van der Waals surface area contributed by atoms with Crippen LogP contribution in [0.5, 0.6) is 0 Å². The van der Waals surface area contributed by atoms with E-state index in [1.807, 2.05) is 19.9 Å². The standard InChI is InChI=1S/C24H24ClFN2OS2/c1-7-15(26)10-13(4)14(5)22-21(27-6)20(12(2)3)23(31-22)24(29)28-17-8-9-18-16(17)11-19(25)30-18/h7,10-12,17H,1,4-6,8-9H2,2-3H3,(H,28,29)/b15-10+/t17-/m1/s1. The minimum atomic E-state index is -0.510. The Morgan fingerprint density at radius 3 is 2.68 bits per heavy atom. The first kappa shape index (κ1) is 23.4. The number of nitrogens with one attached hydrogen (secondary N) is 1. The van der Waals surface area contributed by atoms with E-state index < -0.39 is 5.83 Å². The number of amides is 1. The fourth-order valence-corrected chi connectivity index (χ4v) is 6.34. The van der Waals surface area contributed by atoms with E-state index in [2.05, 4.69) is 36.8 Å². The zero-order chi connectivity index (χ0) is 22.9. The van der Waals surface area contributed by atoms with Crippen LogP contribution in [-0.2, 0) is 6.42 Å². The van der Waals surface area contributed by atoms with Gasteiger partial charge < -0.3 is 5.32 Å². The van der Waals surface area contributed by atoms with Crippen molar-refractivity contribution in [3.8, 4) is 0 Å². The lowest BCUT2D eigenvalue weighted by Crippen LogP contribution is -2.27. The SMILES string of the molecule is C=C/C(F)=C\C(=C)C(=C)c1sc(C(=O)N[C@@H]2CCc3sc(Cl)cc32)c(C(C)C)c1N=C. The Bertz CT molecular complexity index is 1120. The number of carbonyl (C=O) groups excluding carboxylic acids is 1. The molecule has 3 nitrogen and oxygen atoms in total. The molecule has 162 valence electrons. The molecule has 0 saturated carbocycles. The molecule has 2 aromatic heterocycles. The van der Waals surface area contributed by atoms with Crippen LogP contribution in [0, 0.1) is 0 Å². The van der Waals surface area contributed by atoms with Crippen LogP contribution in [0.4, 0.5) is 10.1 Å². The molecule has 0 fully saturated rings. The number of thiophene rings is 2. The van der Waals surface area contributed by atoms with Crippen LogP contribution < -0.4 is 5.32 Å². The number of hydrogen-bond acceptors (Lipinski definition) is 4. The summed E-state index contributed by atoms with van der Waals surface area (Å²) in [5.41, 5.74) is 3.37. The van der Waals surface area contributed by atoms with E-state index in [1.54, 1.807) is 11.3 Å². The maximum Gasteiger partial charge on any atom is 0.262 e. The summed E-state index contributed by atoms with van der Waals surface area (Å²) in [6.45, 7) is 19.1. The summed E-state index contributed by atoms with van der Waals surface area (Å²) in [6, 6.07) is 1.87. The number of aryl methyl sites for hydroxylation is 1. The van der Waals surface area contributed by atoms with Gasteiger partial charge in [0, 0.05) is 10.4 Å². The molecule has 31 heavy (non-hydrogen) atoms. The zero-order valence-electron chi connectivity index (χ0n) is 17.6. The summed E-state index contributed by atoms with van der Waals surface area (Å²) >= 11 is 9.00. The fraction of sp³-hybridized carbons (Fsp3) is 0.250. The third-order valence-corrected chi connectivity index (χ3v) is 7.77. The van der Waals surface area contributed by atoms with Crippen LogP contribution in [0.15, 0.2) is 54.3 Å². The molecule has 0 bridgehead atoms. The number of hydrogen-bond donors (Lipinski definition) is 1. The Hall–Kier alpha value is -2.28. The highest BCUT2D eigenvalue weighted by atomic mass is 35.5. The quantitative estimate of drug-likeness (QED) is 0.306. The first-order valence-corrected chi connectivity index (χ1v) is 11.8. The van der Waals surface area contributed by atoms with Crippen molar-refractivity contribution in [1.29, 1.82) is 0 Å². The molecule has 1 aliphatic carbocycles. The van der Waals surface area contributed by atoms with Gasteiger partial charge in [-0.2, -0.15) is 0 Å². The second-order valence-corrected chi connectivity index (χ2v) is 10.4. The summed E-state index contributed by atoms with van der Waals surface area (Å²) in [6.07, 6.45) is 4.12. The summed E-state index contributed by atoms with van der Waals surface area (Å²) in [5.74, 6) is -0.650. The van der Waals surface area contributed by atoms with Gasteiger partial charge in [-0.25, -0.2) is 4.39 Å². The van der Waals surface area contributed by atoms with Gasteiger partial charge in [-0.15, -0.1) is 22.7 Å². The van der Waals surface area contributed by atoms with Gasteiger partial charge >= 0.3 is 0 Å². The number of allylic oxidation sites excluding steroid dienone is 5. The molecule has 0 unspecified atom stereocenters. The van der Waals surface area contributed by atoms with Crippen LogP contribution in [-0.4, -0.2) is 12.6 Å². The lowest BCUT2D eigenvalue weighted by molar-refractivity contribution is 0.0939. The van der Waals surface area contributed by atoms with Gasteiger partial charge in [-0.3, -0.25) is 9.79 Å². The Morgan fingerprint density at radius 2 is 2.06 bits per heavy atom. The molecule has 0 spiro atoms.